The van der Waals surface area contributed by atoms with Gasteiger partial charge in [-0.25, -0.2) is 0 Å². The van der Waals surface area contributed by atoms with Gasteiger partial charge in [-0.1, -0.05) is 146 Å². The van der Waals surface area contributed by atoms with Crippen LogP contribution in [0, 0.1) is 0 Å². The van der Waals surface area contributed by atoms with E-state index in [1.807, 2.05) is 12.1 Å². The third kappa shape index (κ3) is 5.44. The lowest BCUT2D eigenvalue weighted by Gasteiger charge is -2.26. The number of fused-ring (bicyclic) bond motifs is 9. The van der Waals surface area contributed by atoms with Crippen LogP contribution in [-0.2, 0) is 0 Å². The van der Waals surface area contributed by atoms with E-state index in [1.54, 1.807) is 0 Å². The molecule has 0 aliphatic rings. The summed E-state index contributed by atoms with van der Waals surface area (Å²) >= 11 is 0. The first-order valence-electron chi connectivity index (χ1n) is 20.2. The van der Waals surface area contributed by atoms with Crippen LogP contribution >= 0.6 is 0 Å². The molecule has 0 atom stereocenters. The second kappa shape index (κ2) is 13.4. The van der Waals surface area contributed by atoms with Crippen LogP contribution in [0.5, 0.6) is 0 Å². The number of rotatable bonds is 6. The molecule has 0 spiro atoms. The molecular weight excluding hydrogens is 717 g/mol. The predicted molar refractivity (Wildman–Crippen MR) is 249 cm³/mol. The molecule has 3 nitrogen and oxygen atoms in total. The molecule has 12 aromatic rings. The molecule has 0 saturated heterocycles. The molecule has 3 heteroatoms. The first-order chi connectivity index (χ1) is 29.2. The van der Waals surface area contributed by atoms with Gasteiger partial charge in [-0.05, 0) is 117 Å². The minimum Gasteiger partial charge on any atom is -0.456 e. The van der Waals surface area contributed by atoms with Gasteiger partial charge in [-0.15, -0.1) is 0 Å². The van der Waals surface area contributed by atoms with E-state index in [1.165, 1.54) is 54.5 Å². The maximum atomic E-state index is 6.24. The normalized spacial score (nSPS) is 11.7. The molecule has 59 heavy (non-hydrogen) atoms. The van der Waals surface area contributed by atoms with Crippen molar-refractivity contribution >= 4 is 82.4 Å². The summed E-state index contributed by atoms with van der Waals surface area (Å²) in [6.45, 7) is 0. The molecule has 0 aliphatic heterocycles. The highest BCUT2D eigenvalue weighted by atomic mass is 16.3. The third-order valence-electron chi connectivity index (χ3n) is 12.0. The van der Waals surface area contributed by atoms with Crippen LogP contribution in [0.2, 0.25) is 0 Å². The van der Waals surface area contributed by atoms with Crippen molar-refractivity contribution in [2.24, 2.45) is 0 Å². The van der Waals surface area contributed by atoms with Gasteiger partial charge in [0.1, 0.15) is 11.2 Å². The molecule has 2 heterocycles. The predicted octanol–water partition coefficient (Wildman–Crippen LogP) is 15.8. The van der Waals surface area contributed by atoms with E-state index in [9.17, 15) is 0 Å². The third-order valence-corrected chi connectivity index (χ3v) is 12.0. The first-order valence-corrected chi connectivity index (χ1v) is 20.2. The van der Waals surface area contributed by atoms with Crippen LogP contribution in [0.3, 0.4) is 0 Å². The fourth-order valence-electron chi connectivity index (χ4n) is 9.19. The number of benzene rings is 10. The van der Waals surface area contributed by atoms with Crippen LogP contribution in [-0.4, -0.2) is 4.57 Å². The number of hydrogen-bond acceptors (Lipinski definition) is 2. The Morgan fingerprint density at radius 3 is 1.54 bits per heavy atom. The van der Waals surface area contributed by atoms with Gasteiger partial charge in [-0.3, -0.25) is 0 Å². The summed E-state index contributed by atoms with van der Waals surface area (Å²) in [5.74, 6) is 0. The standard InChI is InChI=1S/C56H36N2O/c1-2-11-46-39(10-1)20-21-41-28-35-45(36-51(41)46)57(43-33-26-40(27-34-43)47-15-9-19-55-56(47)50-14-5-8-18-54(50)59-55)42-29-22-37(23-30-42)38-24-31-44(32-25-38)58-52-16-6-3-12-48(52)49-13-4-7-17-53(49)58/h1-36H. The lowest BCUT2D eigenvalue weighted by atomic mass is 9.98. The van der Waals surface area contributed by atoms with Crippen molar-refractivity contribution in [1.82, 2.24) is 4.57 Å². The highest BCUT2D eigenvalue weighted by molar-refractivity contribution is 6.13. The molecule has 0 saturated carbocycles. The molecule has 0 aliphatic carbocycles. The molecule has 12 rings (SSSR count). The summed E-state index contributed by atoms with van der Waals surface area (Å²) in [6.07, 6.45) is 0. The zero-order chi connectivity index (χ0) is 38.9. The second-order valence-corrected chi connectivity index (χ2v) is 15.3. The van der Waals surface area contributed by atoms with Crippen LogP contribution in [0.25, 0.3) is 93.2 Å². The van der Waals surface area contributed by atoms with E-state index in [-0.39, 0.29) is 0 Å². The molecule has 0 unspecified atom stereocenters. The van der Waals surface area contributed by atoms with Crippen molar-refractivity contribution in [3.63, 3.8) is 0 Å². The zero-order valence-corrected chi connectivity index (χ0v) is 32.1. The van der Waals surface area contributed by atoms with E-state index in [4.69, 9.17) is 4.42 Å². The van der Waals surface area contributed by atoms with E-state index in [0.29, 0.717) is 0 Å². The fourth-order valence-corrected chi connectivity index (χ4v) is 9.19. The molecule has 0 fully saturated rings. The summed E-state index contributed by atoms with van der Waals surface area (Å²) in [5, 5.41) is 9.77. The largest absolute Gasteiger partial charge is 0.456 e. The lowest BCUT2D eigenvalue weighted by Crippen LogP contribution is -2.09. The summed E-state index contributed by atoms with van der Waals surface area (Å²) < 4.78 is 8.61. The van der Waals surface area contributed by atoms with Crippen molar-refractivity contribution in [3.05, 3.63) is 218 Å². The number of furan rings is 1. The Hall–Kier alpha value is -7.88. The van der Waals surface area contributed by atoms with Gasteiger partial charge in [0, 0.05) is 44.3 Å². The fraction of sp³-hybridized carbons (Fsp3) is 0. The molecule has 0 amide bonds. The van der Waals surface area contributed by atoms with Gasteiger partial charge >= 0.3 is 0 Å². The van der Waals surface area contributed by atoms with E-state index in [0.717, 1.165) is 55.8 Å². The van der Waals surface area contributed by atoms with Crippen molar-refractivity contribution in [3.8, 4) is 27.9 Å². The van der Waals surface area contributed by atoms with Gasteiger partial charge in [0.25, 0.3) is 0 Å². The van der Waals surface area contributed by atoms with Gasteiger partial charge in [0.2, 0.25) is 0 Å². The highest BCUT2D eigenvalue weighted by Gasteiger charge is 2.17. The van der Waals surface area contributed by atoms with Crippen molar-refractivity contribution in [2.45, 2.75) is 0 Å². The summed E-state index contributed by atoms with van der Waals surface area (Å²) in [5.41, 5.74) is 13.3. The zero-order valence-electron chi connectivity index (χ0n) is 32.1. The molecule has 2 aromatic heterocycles. The number of anilines is 3. The van der Waals surface area contributed by atoms with Crippen molar-refractivity contribution in [2.75, 3.05) is 4.90 Å². The number of nitrogens with zero attached hydrogens (tertiary/aromatic N) is 2. The highest BCUT2D eigenvalue weighted by Crippen LogP contribution is 2.41. The molecule has 10 aromatic carbocycles. The summed E-state index contributed by atoms with van der Waals surface area (Å²) in [6, 6.07) is 78.8. The Balaban J connectivity index is 0.942. The number of aromatic nitrogens is 1. The molecule has 0 N–H and O–H groups in total. The van der Waals surface area contributed by atoms with Crippen LogP contribution in [0.1, 0.15) is 0 Å². The molecule has 0 radical (unpaired) electrons. The van der Waals surface area contributed by atoms with Crippen LogP contribution in [0.15, 0.2) is 223 Å². The number of para-hydroxylation sites is 3. The van der Waals surface area contributed by atoms with E-state index < -0.39 is 0 Å². The summed E-state index contributed by atoms with van der Waals surface area (Å²) in [7, 11) is 0. The van der Waals surface area contributed by atoms with Gasteiger partial charge in [0.15, 0.2) is 0 Å². The van der Waals surface area contributed by atoms with Crippen LogP contribution in [0.4, 0.5) is 17.1 Å². The average Bonchev–Trinajstić information content (AvgIpc) is 3.86. The van der Waals surface area contributed by atoms with Gasteiger partial charge in [0.05, 0.1) is 11.0 Å². The molecule has 0 bridgehead atoms. The van der Waals surface area contributed by atoms with Crippen molar-refractivity contribution in [1.29, 1.82) is 0 Å². The van der Waals surface area contributed by atoms with Crippen molar-refractivity contribution < 1.29 is 4.42 Å². The SMILES string of the molecule is c1ccc2c(c1)ccc1ccc(N(c3ccc(-c4ccc(-n5c6ccccc6c6ccccc65)cc4)cc3)c3ccc(-c4cccc5oc6ccccc6c45)cc3)cc12. The monoisotopic (exact) mass is 752 g/mol. The maximum absolute atomic E-state index is 6.24. The smallest absolute Gasteiger partial charge is 0.136 e. The Bertz CT molecular complexity index is 3480. The summed E-state index contributed by atoms with van der Waals surface area (Å²) in [4.78, 5) is 2.37. The first kappa shape index (κ1) is 33.3. The Kier molecular flexibility index (Phi) is 7.54. The minimum absolute atomic E-state index is 0.902. The lowest BCUT2D eigenvalue weighted by molar-refractivity contribution is 0.669. The topological polar surface area (TPSA) is 21.3 Å². The van der Waals surface area contributed by atoms with Gasteiger partial charge < -0.3 is 13.9 Å². The Morgan fingerprint density at radius 1 is 0.339 bits per heavy atom. The minimum atomic E-state index is 0.902. The number of hydrogen-bond donors (Lipinski definition) is 0. The second-order valence-electron chi connectivity index (χ2n) is 15.3. The van der Waals surface area contributed by atoms with Gasteiger partial charge in [-0.2, -0.15) is 0 Å². The maximum Gasteiger partial charge on any atom is 0.136 e. The molecular formula is C56H36N2O. The average molecular weight is 753 g/mol. The quantitative estimate of drug-likeness (QED) is 0.158. The Morgan fingerprint density at radius 2 is 0.847 bits per heavy atom. The van der Waals surface area contributed by atoms with Crippen LogP contribution < -0.4 is 4.90 Å². The molecule has 276 valence electrons. The van der Waals surface area contributed by atoms with E-state index >= 15 is 0 Å². The Labute approximate surface area is 341 Å². The van der Waals surface area contributed by atoms with E-state index in [2.05, 4.69) is 216 Å².